The van der Waals surface area contributed by atoms with Crippen LogP contribution in [0, 0.1) is 0 Å². The van der Waals surface area contributed by atoms with Crippen LogP contribution in [0.1, 0.15) is 6.42 Å². The van der Waals surface area contributed by atoms with Gasteiger partial charge >= 0.3 is 0 Å². The van der Waals surface area contributed by atoms with Crippen LogP contribution in [0.5, 0.6) is 0 Å². The number of nitrogens with two attached hydrogens (primary N) is 1. The van der Waals surface area contributed by atoms with Crippen LogP contribution in [0.2, 0.25) is 0 Å². The van der Waals surface area contributed by atoms with Crippen molar-refractivity contribution < 1.29 is 0 Å². The summed E-state index contributed by atoms with van der Waals surface area (Å²) in [6.07, 6.45) is 6.49. The molecule has 0 spiro atoms. The second-order valence-electron chi connectivity index (χ2n) is 2.05. The third-order valence-corrected chi connectivity index (χ3v) is 2.21. The van der Waals surface area contributed by atoms with Crippen molar-refractivity contribution in [3.05, 3.63) is 23.3 Å². The van der Waals surface area contributed by atoms with E-state index in [1.165, 1.54) is 0 Å². The van der Waals surface area contributed by atoms with E-state index < -0.39 is 0 Å². The highest BCUT2D eigenvalue weighted by molar-refractivity contribution is 14.1. The molecule has 0 amide bonds. The monoisotopic (exact) mass is 255 g/mol. The van der Waals surface area contributed by atoms with Crippen LogP contribution < -0.4 is 5.73 Å². The molecule has 50 valence electrons. The average Bonchev–Trinajstić information content (AvgIpc) is 1.78. The fourth-order valence-corrected chi connectivity index (χ4v) is 1.15. The molecule has 0 heterocycles. The van der Waals surface area contributed by atoms with Gasteiger partial charge in [-0.25, -0.2) is 0 Å². The van der Waals surface area contributed by atoms with Gasteiger partial charge in [-0.3, -0.25) is 0 Å². The van der Waals surface area contributed by atoms with E-state index in [1.807, 2.05) is 18.2 Å². The molecule has 0 aromatic rings. The van der Waals surface area contributed by atoms with Gasteiger partial charge in [0.25, 0.3) is 0 Å². The van der Waals surface area contributed by atoms with E-state index >= 15 is 0 Å². The minimum atomic E-state index is -0.212. The van der Waals surface area contributed by atoms with E-state index in [9.17, 15) is 0 Å². The summed E-state index contributed by atoms with van der Waals surface area (Å²) >= 11 is 7.85. The van der Waals surface area contributed by atoms with Crippen molar-refractivity contribution in [3.8, 4) is 0 Å². The van der Waals surface area contributed by atoms with Crippen LogP contribution in [-0.2, 0) is 0 Å². The SMILES string of the molecule is NC1(I)C=CC(Cl)=CC1. The molecule has 1 nitrogen and oxygen atoms in total. The number of alkyl halides is 1. The number of hydrogen-bond acceptors (Lipinski definition) is 1. The van der Waals surface area contributed by atoms with Gasteiger partial charge in [-0.2, -0.15) is 0 Å². The largest absolute Gasteiger partial charge is 0.313 e. The van der Waals surface area contributed by atoms with E-state index in [0.717, 1.165) is 11.5 Å². The molecule has 0 bridgehead atoms. The summed E-state index contributed by atoms with van der Waals surface area (Å²) in [4.78, 5) is 0. The molecule has 0 fully saturated rings. The normalized spacial score (nSPS) is 34.3. The van der Waals surface area contributed by atoms with Crippen molar-refractivity contribution in [2.75, 3.05) is 0 Å². The smallest absolute Gasteiger partial charge is 0.0904 e. The molecule has 0 aromatic heterocycles. The summed E-state index contributed by atoms with van der Waals surface area (Å²) in [7, 11) is 0. The maximum Gasteiger partial charge on any atom is 0.0904 e. The Bertz CT molecular complexity index is 172. The molecule has 1 rings (SSSR count). The number of allylic oxidation sites excluding steroid dienone is 2. The number of halogens is 2. The van der Waals surface area contributed by atoms with Gasteiger partial charge < -0.3 is 5.73 Å². The maximum atomic E-state index is 5.74. The first-order chi connectivity index (χ1) is 4.10. The van der Waals surface area contributed by atoms with Crippen molar-refractivity contribution in [1.29, 1.82) is 0 Å². The second kappa shape index (κ2) is 2.60. The molecule has 2 N–H and O–H groups in total. The van der Waals surface area contributed by atoms with Crippen molar-refractivity contribution >= 4 is 34.2 Å². The van der Waals surface area contributed by atoms with Crippen molar-refractivity contribution in [1.82, 2.24) is 0 Å². The Balaban J connectivity index is 2.70. The zero-order chi connectivity index (χ0) is 6.91. The molecule has 1 unspecified atom stereocenters. The lowest BCUT2D eigenvalue weighted by Gasteiger charge is -2.18. The first kappa shape index (κ1) is 7.57. The van der Waals surface area contributed by atoms with E-state index in [0.29, 0.717) is 0 Å². The Morgan fingerprint density at radius 1 is 1.78 bits per heavy atom. The predicted octanol–water partition coefficient (Wildman–Crippen LogP) is 2.16. The molecule has 0 radical (unpaired) electrons. The van der Waals surface area contributed by atoms with E-state index in [2.05, 4.69) is 22.6 Å². The Kier molecular flexibility index (Phi) is 2.18. The van der Waals surface area contributed by atoms with Crippen LogP contribution in [0.3, 0.4) is 0 Å². The van der Waals surface area contributed by atoms with E-state index in [4.69, 9.17) is 17.3 Å². The van der Waals surface area contributed by atoms with Gasteiger partial charge in [0.15, 0.2) is 0 Å². The number of rotatable bonds is 0. The van der Waals surface area contributed by atoms with Gasteiger partial charge in [-0.05, 0) is 12.5 Å². The standard InChI is InChI=1S/C6H7ClIN/c7-5-1-3-6(8,9)4-2-5/h1-3H,4,9H2. The first-order valence-corrected chi connectivity index (χ1v) is 4.08. The lowest BCUT2D eigenvalue weighted by molar-refractivity contribution is 0.792. The fraction of sp³-hybridized carbons (Fsp3) is 0.333. The molecule has 0 saturated heterocycles. The summed E-state index contributed by atoms with van der Waals surface area (Å²) in [5, 5.41) is 0.785. The molecule has 1 aliphatic rings. The Morgan fingerprint density at radius 3 is 2.78 bits per heavy atom. The van der Waals surface area contributed by atoms with Crippen LogP contribution in [0.4, 0.5) is 0 Å². The highest BCUT2D eigenvalue weighted by Crippen LogP contribution is 2.25. The minimum Gasteiger partial charge on any atom is -0.313 e. The van der Waals surface area contributed by atoms with Crippen LogP contribution in [-0.4, -0.2) is 3.55 Å². The van der Waals surface area contributed by atoms with Crippen molar-refractivity contribution in [2.24, 2.45) is 5.73 Å². The van der Waals surface area contributed by atoms with Gasteiger partial charge in [0, 0.05) is 5.03 Å². The van der Waals surface area contributed by atoms with E-state index in [1.54, 1.807) is 0 Å². The molecule has 1 aliphatic carbocycles. The van der Waals surface area contributed by atoms with Crippen molar-refractivity contribution in [3.63, 3.8) is 0 Å². The van der Waals surface area contributed by atoms with E-state index in [-0.39, 0.29) is 3.55 Å². The van der Waals surface area contributed by atoms with Gasteiger partial charge in [-0.1, -0.05) is 46.3 Å². The third kappa shape index (κ3) is 2.27. The van der Waals surface area contributed by atoms with Gasteiger partial charge in [-0.15, -0.1) is 0 Å². The van der Waals surface area contributed by atoms with Crippen LogP contribution >= 0.6 is 34.2 Å². The summed E-state index contributed by atoms with van der Waals surface area (Å²) in [5.41, 5.74) is 5.74. The summed E-state index contributed by atoms with van der Waals surface area (Å²) in [5.74, 6) is 0. The molecule has 0 saturated carbocycles. The lowest BCUT2D eigenvalue weighted by Crippen LogP contribution is -2.29. The Labute approximate surface area is 73.1 Å². The molecule has 0 aliphatic heterocycles. The molecular weight excluding hydrogens is 248 g/mol. The number of hydrogen-bond donors (Lipinski definition) is 1. The summed E-state index contributed by atoms with van der Waals surface area (Å²) in [6, 6.07) is 0. The maximum absolute atomic E-state index is 5.74. The fourth-order valence-electron chi connectivity index (χ4n) is 0.608. The van der Waals surface area contributed by atoms with Gasteiger partial charge in [0.1, 0.15) is 0 Å². The topological polar surface area (TPSA) is 26.0 Å². The molecule has 3 heteroatoms. The summed E-state index contributed by atoms with van der Waals surface area (Å²) in [6.45, 7) is 0. The van der Waals surface area contributed by atoms with Crippen molar-refractivity contribution in [2.45, 2.75) is 9.97 Å². The zero-order valence-corrected chi connectivity index (χ0v) is 7.69. The molecule has 0 aromatic carbocycles. The third-order valence-electron chi connectivity index (χ3n) is 1.13. The average molecular weight is 255 g/mol. The zero-order valence-electron chi connectivity index (χ0n) is 4.77. The second-order valence-corrected chi connectivity index (χ2v) is 4.50. The molecule has 9 heavy (non-hydrogen) atoms. The Morgan fingerprint density at radius 2 is 2.44 bits per heavy atom. The highest BCUT2D eigenvalue weighted by atomic mass is 127. The molecular formula is C6H7ClIN. The highest BCUT2D eigenvalue weighted by Gasteiger charge is 2.17. The van der Waals surface area contributed by atoms with Crippen LogP contribution in [0.15, 0.2) is 23.3 Å². The first-order valence-electron chi connectivity index (χ1n) is 2.63. The van der Waals surface area contributed by atoms with Crippen LogP contribution in [0.25, 0.3) is 0 Å². The quantitative estimate of drug-likeness (QED) is 0.401. The predicted molar refractivity (Wildman–Crippen MR) is 48.6 cm³/mol. The minimum absolute atomic E-state index is 0.212. The lowest BCUT2D eigenvalue weighted by atomic mass is 10.1. The van der Waals surface area contributed by atoms with Gasteiger partial charge in [0.2, 0.25) is 0 Å². The summed E-state index contributed by atoms with van der Waals surface area (Å²) < 4.78 is -0.212. The molecule has 1 atom stereocenters. The Hall–Kier alpha value is 0.460. The van der Waals surface area contributed by atoms with Gasteiger partial charge in [0.05, 0.1) is 3.55 Å².